The Balaban J connectivity index is 1.23. The minimum absolute atomic E-state index is 0.178. The molecule has 214 valence electrons. The molecule has 4 N–H and O–H groups in total. The van der Waals surface area contributed by atoms with Crippen LogP contribution in [-0.4, -0.2) is 10.2 Å². The van der Waals surface area contributed by atoms with Crippen LogP contribution in [0.5, 0.6) is 11.5 Å². The molecule has 0 radical (unpaired) electrons. The second-order valence-corrected chi connectivity index (χ2v) is 12.0. The zero-order valence-corrected chi connectivity index (χ0v) is 24.9. The summed E-state index contributed by atoms with van der Waals surface area (Å²) in [6.45, 7) is 9.84. The first-order valence-electron chi connectivity index (χ1n) is 14.5. The van der Waals surface area contributed by atoms with Crippen molar-refractivity contribution in [2.24, 2.45) is 0 Å². The topological polar surface area (TPSA) is 64.5 Å². The molecule has 5 aromatic carbocycles. The van der Waals surface area contributed by atoms with Crippen LogP contribution >= 0.6 is 0 Å². The number of phenols is 2. The first-order chi connectivity index (χ1) is 20.1. The van der Waals surface area contributed by atoms with E-state index in [-0.39, 0.29) is 22.3 Å². The Morgan fingerprint density at radius 2 is 0.810 bits per heavy atom. The average Bonchev–Trinajstić information content (AvgIpc) is 3.01. The summed E-state index contributed by atoms with van der Waals surface area (Å²) in [5.41, 5.74) is 8.05. The molecule has 5 rings (SSSR count). The second kappa shape index (κ2) is 12.0. The lowest BCUT2D eigenvalue weighted by molar-refractivity contribution is 0.467. The lowest BCUT2D eigenvalue weighted by Gasteiger charge is -2.27. The third kappa shape index (κ3) is 6.28. The number of anilines is 2. The molecule has 0 saturated heterocycles. The predicted molar refractivity (Wildman–Crippen MR) is 174 cm³/mol. The number of nitrogens with one attached hydrogen (secondary N) is 2. The van der Waals surface area contributed by atoms with Crippen molar-refractivity contribution in [3.63, 3.8) is 0 Å². The quantitative estimate of drug-likeness (QED) is 0.139. The van der Waals surface area contributed by atoms with Gasteiger partial charge in [0.05, 0.1) is 0 Å². The summed E-state index contributed by atoms with van der Waals surface area (Å²) in [6, 6.07) is 40.7. The lowest BCUT2D eigenvalue weighted by Crippen LogP contribution is -2.19. The summed E-state index contributed by atoms with van der Waals surface area (Å²) in [5.74, 6) is 0.566. The maximum atomic E-state index is 10.6. The van der Waals surface area contributed by atoms with Crippen molar-refractivity contribution in [3.05, 3.63) is 155 Å². The largest absolute Gasteiger partial charge is 0.508 e. The van der Waals surface area contributed by atoms with Crippen LogP contribution < -0.4 is 10.6 Å². The Morgan fingerprint density at radius 3 is 1.17 bits per heavy atom. The predicted octanol–water partition coefficient (Wildman–Crippen LogP) is 8.97. The van der Waals surface area contributed by atoms with E-state index in [4.69, 9.17) is 0 Å². The fourth-order valence-corrected chi connectivity index (χ4v) is 5.38. The smallest absolute Gasteiger partial charge is 0.120 e. The summed E-state index contributed by atoms with van der Waals surface area (Å²) < 4.78 is 0. The fraction of sp³-hybridized carbons (Fsp3) is 0.211. The Kier molecular flexibility index (Phi) is 8.26. The van der Waals surface area contributed by atoms with E-state index in [2.05, 4.69) is 99.0 Å². The van der Waals surface area contributed by atoms with Gasteiger partial charge in [0.2, 0.25) is 0 Å². The van der Waals surface area contributed by atoms with Gasteiger partial charge in [-0.2, -0.15) is 0 Å². The van der Waals surface area contributed by atoms with E-state index in [0.29, 0.717) is 13.1 Å². The minimum atomic E-state index is -0.178. The lowest BCUT2D eigenvalue weighted by atomic mass is 9.77. The molecule has 0 saturated carbocycles. The molecule has 4 nitrogen and oxygen atoms in total. The second-order valence-electron chi connectivity index (χ2n) is 12.0. The molecule has 0 aliphatic carbocycles. The molecule has 0 amide bonds. The van der Waals surface area contributed by atoms with Crippen LogP contribution in [0.2, 0.25) is 0 Å². The molecule has 5 aromatic rings. The summed E-state index contributed by atoms with van der Waals surface area (Å²) >= 11 is 0. The zero-order valence-electron chi connectivity index (χ0n) is 24.9. The Morgan fingerprint density at radius 1 is 0.452 bits per heavy atom. The molecule has 0 atom stereocenters. The molecule has 0 unspecified atom stereocenters. The van der Waals surface area contributed by atoms with Crippen molar-refractivity contribution in [3.8, 4) is 11.5 Å². The van der Waals surface area contributed by atoms with E-state index >= 15 is 0 Å². The molecule has 0 aromatic heterocycles. The highest BCUT2D eigenvalue weighted by Gasteiger charge is 2.25. The van der Waals surface area contributed by atoms with Crippen molar-refractivity contribution in [2.75, 3.05) is 10.6 Å². The summed E-state index contributed by atoms with van der Waals surface area (Å²) in [5, 5.41) is 28.0. The van der Waals surface area contributed by atoms with Gasteiger partial charge in [-0.3, -0.25) is 0 Å². The molecule has 0 aliphatic rings. The van der Waals surface area contributed by atoms with E-state index in [1.165, 1.54) is 11.1 Å². The van der Waals surface area contributed by atoms with Crippen LogP contribution in [0, 0.1) is 0 Å². The van der Waals surface area contributed by atoms with Gasteiger partial charge in [-0.1, -0.05) is 100 Å². The number of benzene rings is 5. The first kappa shape index (κ1) is 28.8. The third-order valence-electron chi connectivity index (χ3n) is 8.44. The van der Waals surface area contributed by atoms with Gasteiger partial charge in [0.15, 0.2) is 0 Å². The van der Waals surface area contributed by atoms with E-state index in [0.717, 1.165) is 33.6 Å². The first-order valence-corrected chi connectivity index (χ1v) is 14.5. The van der Waals surface area contributed by atoms with E-state index in [1.54, 1.807) is 12.1 Å². The van der Waals surface area contributed by atoms with Crippen molar-refractivity contribution in [2.45, 2.75) is 51.6 Å². The van der Waals surface area contributed by atoms with Crippen molar-refractivity contribution in [1.29, 1.82) is 0 Å². The highest BCUT2D eigenvalue weighted by Crippen LogP contribution is 2.35. The fourth-order valence-electron chi connectivity index (χ4n) is 5.38. The van der Waals surface area contributed by atoms with E-state index in [1.807, 2.05) is 48.5 Å². The molecular formula is C38H40N2O2. The average molecular weight is 557 g/mol. The zero-order chi connectivity index (χ0) is 29.7. The molecule has 0 aliphatic heterocycles. The number of hydrogen-bond donors (Lipinski definition) is 4. The van der Waals surface area contributed by atoms with E-state index < -0.39 is 0 Å². The normalized spacial score (nSPS) is 11.7. The number of hydrogen-bond acceptors (Lipinski definition) is 4. The van der Waals surface area contributed by atoms with Gasteiger partial charge >= 0.3 is 0 Å². The summed E-state index contributed by atoms with van der Waals surface area (Å²) in [7, 11) is 0. The molecule has 0 heterocycles. The van der Waals surface area contributed by atoms with Gasteiger partial charge in [0, 0.05) is 46.4 Å². The van der Waals surface area contributed by atoms with Crippen molar-refractivity contribution >= 4 is 11.4 Å². The van der Waals surface area contributed by atoms with Gasteiger partial charge in [0.1, 0.15) is 11.5 Å². The number of aromatic hydroxyl groups is 2. The monoisotopic (exact) mass is 556 g/mol. The molecule has 0 fully saturated rings. The van der Waals surface area contributed by atoms with Crippen molar-refractivity contribution in [1.82, 2.24) is 0 Å². The number of phenolic OH excluding ortho intramolecular Hbond substituents is 2. The SMILES string of the molecule is CC(C)(c1ccccc1)c1ccc(O)c(CNc2ccc(NCc3cc(C(C)(C)c4ccccc4)ccc3O)cc2)c1. The van der Waals surface area contributed by atoms with Crippen LogP contribution in [0.1, 0.15) is 61.1 Å². The van der Waals surface area contributed by atoms with Crippen LogP contribution in [0.4, 0.5) is 11.4 Å². The van der Waals surface area contributed by atoms with Gasteiger partial charge in [-0.15, -0.1) is 0 Å². The van der Waals surface area contributed by atoms with Gasteiger partial charge < -0.3 is 20.8 Å². The Hall–Kier alpha value is -4.70. The summed E-state index contributed by atoms with van der Waals surface area (Å²) in [6.07, 6.45) is 0. The van der Waals surface area contributed by atoms with Gasteiger partial charge in [-0.25, -0.2) is 0 Å². The Bertz CT molecular complexity index is 1500. The van der Waals surface area contributed by atoms with Crippen LogP contribution in [0.15, 0.2) is 121 Å². The van der Waals surface area contributed by atoms with Crippen LogP contribution in [-0.2, 0) is 23.9 Å². The van der Waals surface area contributed by atoms with Crippen LogP contribution in [0.3, 0.4) is 0 Å². The van der Waals surface area contributed by atoms with E-state index in [9.17, 15) is 10.2 Å². The van der Waals surface area contributed by atoms with Gasteiger partial charge in [0.25, 0.3) is 0 Å². The minimum Gasteiger partial charge on any atom is -0.508 e. The molecular weight excluding hydrogens is 516 g/mol. The highest BCUT2D eigenvalue weighted by atomic mass is 16.3. The molecule has 42 heavy (non-hydrogen) atoms. The highest BCUT2D eigenvalue weighted by molar-refractivity contribution is 5.55. The molecule has 0 spiro atoms. The van der Waals surface area contributed by atoms with Crippen molar-refractivity contribution < 1.29 is 10.2 Å². The standard InChI is InChI=1S/C38H40N2O2/c1-37(2,29-11-7-5-8-12-29)31-15-21-35(41)27(23-31)25-39-33-17-19-34(20-18-33)40-26-28-24-32(16-22-36(28)42)38(3,4)30-13-9-6-10-14-30/h5-24,39-42H,25-26H2,1-4H3. The molecule has 4 heteroatoms. The number of rotatable bonds is 10. The third-order valence-corrected chi connectivity index (χ3v) is 8.44. The Labute approximate surface area is 249 Å². The van der Waals surface area contributed by atoms with Crippen LogP contribution in [0.25, 0.3) is 0 Å². The maximum absolute atomic E-state index is 10.6. The maximum Gasteiger partial charge on any atom is 0.120 e. The molecule has 0 bridgehead atoms. The van der Waals surface area contributed by atoms with Gasteiger partial charge in [-0.05, 0) is 70.8 Å². The summed E-state index contributed by atoms with van der Waals surface area (Å²) in [4.78, 5) is 0.